The first-order valence-corrected chi connectivity index (χ1v) is 12.8. The predicted molar refractivity (Wildman–Crippen MR) is 135 cm³/mol. The lowest BCUT2D eigenvalue weighted by Crippen LogP contribution is -2.42. The normalized spacial score (nSPS) is 19.2. The lowest BCUT2D eigenvalue weighted by atomic mass is 9.97. The number of nitrogens with zero attached hydrogens (tertiary/aromatic N) is 4. The van der Waals surface area contributed by atoms with E-state index in [4.69, 9.17) is 4.52 Å². The standard InChI is InChI=1S/C28H35N5O2/c1-21-6-12-24(13-7-21)27-30-26(35-31-27)20-33-16-4-5-25(19-33)28(34)29-17-22-8-10-23(11-9-22)18-32-14-2-3-15-32/h6-13,25H,2-5,14-20H2,1H3,(H,29,34). The van der Waals surface area contributed by atoms with Gasteiger partial charge in [0.15, 0.2) is 0 Å². The van der Waals surface area contributed by atoms with Gasteiger partial charge in [0.25, 0.3) is 0 Å². The molecule has 7 nitrogen and oxygen atoms in total. The van der Waals surface area contributed by atoms with Gasteiger partial charge in [0.05, 0.1) is 12.5 Å². The van der Waals surface area contributed by atoms with Crippen LogP contribution in [0.4, 0.5) is 0 Å². The van der Waals surface area contributed by atoms with E-state index in [2.05, 4.69) is 56.4 Å². The molecule has 7 heteroatoms. The molecule has 1 atom stereocenters. The molecule has 35 heavy (non-hydrogen) atoms. The van der Waals surface area contributed by atoms with Gasteiger partial charge >= 0.3 is 0 Å². The van der Waals surface area contributed by atoms with Crippen LogP contribution in [0.25, 0.3) is 11.4 Å². The predicted octanol–water partition coefficient (Wildman–Crippen LogP) is 4.17. The molecule has 0 spiro atoms. The van der Waals surface area contributed by atoms with Gasteiger partial charge in [0.2, 0.25) is 17.6 Å². The molecule has 3 heterocycles. The second-order valence-corrected chi connectivity index (χ2v) is 9.97. The molecule has 5 rings (SSSR count). The lowest BCUT2D eigenvalue weighted by Gasteiger charge is -2.30. The minimum absolute atomic E-state index is 0.0160. The number of nitrogens with one attached hydrogen (secondary N) is 1. The number of carbonyl (C=O) groups excluding carboxylic acids is 1. The van der Waals surface area contributed by atoms with Crippen molar-refractivity contribution in [3.8, 4) is 11.4 Å². The Morgan fingerprint density at radius 2 is 1.66 bits per heavy atom. The molecule has 0 radical (unpaired) electrons. The van der Waals surface area contributed by atoms with Gasteiger partial charge in [0, 0.05) is 25.2 Å². The molecule has 1 unspecified atom stereocenters. The number of rotatable bonds is 8. The molecule has 1 amide bonds. The summed E-state index contributed by atoms with van der Waals surface area (Å²) in [5.74, 6) is 1.31. The van der Waals surface area contributed by atoms with E-state index in [1.807, 2.05) is 24.3 Å². The van der Waals surface area contributed by atoms with Crippen LogP contribution in [-0.2, 0) is 24.4 Å². The Morgan fingerprint density at radius 3 is 2.43 bits per heavy atom. The van der Waals surface area contributed by atoms with Crippen molar-refractivity contribution in [2.75, 3.05) is 26.2 Å². The maximum Gasteiger partial charge on any atom is 0.241 e. The molecule has 2 aromatic carbocycles. The molecule has 0 saturated carbocycles. The first-order valence-electron chi connectivity index (χ1n) is 12.8. The van der Waals surface area contributed by atoms with Crippen LogP contribution < -0.4 is 5.32 Å². The second kappa shape index (κ2) is 11.1. The summed E-state index contributed by atoms with van der Waals surface area (Å²) in [4.78, 5) is 22.2. The van der Waals surface area contributed by atoms with Crippen molar-refractivity contribution in [1.82, 2.24) is 25.3 Å². The smallest absolute Gasteiger partial charge is 0.241 e. The van der Waals surface area contributed by atoms with E-state index in [-0.39, 0.29) is 11.8 Å². The maximum atomic E-state index is 12.9. The van der Waals surface area contributed by atoms with Crippen LogP contribution in [0, 0.1) is 12.8 Å². The molecule has 2 aliphatic heterocycles. The summed E-state index contributed by atoms with van der Waals surface area (Å²) in [6, 6.07) is 16.8. The average molecular weight is 474 g/mol. The first-order chi connectivity index (χ1) is 17.1. The van der Waals surface area contributed by atoms with Crippen LogP contribution in [0.5, 0.6) is 0 Å². The SMILES string of the molecule is Cc1ccc(-c2noc(CN3CCCC(C(=O)NCc4ccc(CN5CCCC5)cc4)C3)n2)cc1. The molecule has 1 N–H and O–H groups in total. The Morgan fingerprint density at radius 1 is 0.943 bits per heavy atom. The summed E-state index contributed by atoms with van der Waals surface area (Å²) < 4.78 is 5.50. The van der Waals surface area contributed by atoms with E-state index >= 15 is 0 Å². The summed E-state index contributed by atoms with van der Waals surface area (Å²) in [5, 5.41) is 7.29. The van der Waals surface area contributed by atoms with E-state index in [1.165, 1.54) is 37.1 Å². The molecule has 0 aliphatic carbocycles. The highest BCUT2D eigenvalue weighted by molar-refractivity contribution is 5.79. The van der Waals surface area contributed by atoms with Crippen molar-refractivity contribution in [3.63, 3.8) is 0 Å². The second-order valence-electron chi connectivity index (χ2n) is 9.97. The fourth-order valence-corrected chi connectivity index (χ4v) is 5.04. The first kappa shape index (κ1) is 23.7. The van der Waals surface area contributed by atoms with Crippen molar-refractivity contribution in [3.05, 3.63) is 71.1 Å². The molecule has 2 fully saturated rings. The number of hydrogen-bond acceptors (Lipinski definition) is 6. The van der Waals surface area contributed by atoms with Gasteiger partial charge in [-0.1, -0.05) is 59.3 Å². The number of amides is 1. The third kappa shape index (κ3) is 6.35. The van der Waals surface area contributed by atoms with Gasteiger partial charge in [0.1, 0.15) is 0 Å². The minimum atomic E-state index is -0.0160. The van der Waals surface area contributed by atoms with E-state index < -0.39 is 0 Å². The molecule has 0 bridgehead atoms. The number of likely N-dealkylation sites (tertiary alicyclic amines) is 2. The lowest BCUT2D eigenvalue weighted by molar-refractivity contribution is -0.127. The molecule has 2 aliphatic rings. The molecule has 2 saturated heterocycles. The van der Waals surface area contributed by atoms with Gasteiger partial charge in [-0.05, 0) is 63.4 Å². The Bertz CT molecular complexity index is 1100. The Balaban J connectivity index is 1.09. The Hall–Kier alpha value is -3.03. The van der Waals surface area contributed by atoms with E-state index in [9.17, 15) is 4.79 Å². The van der Waals surface area contributed by atoms with Crippen molar-refractivity contribution in [2.24, 2.45) is 5.92 Å². The summed E-state index contributed by atoms with van der Waals surface area (Å²) in [6.07, 6.45) is 4.52. The highest BCUT2D eigenvalue weighted by Crippen LogP contribution is 2.21. The number of carbonyl (C=O) groups is 1. The van der Waals surface area contributed by atoms with E-state index in [0.29, 0.717) is 31.3 Å². The topological polar surface area (TPSA) is 74.5 Å². The number of aromatic nitrogens is 2. The van der Waals surface area contributed by atoms with E-state index in [0.717, 1.165) is 37.1 Å². The Kier molecular flexibility index (Phi) is 7.54. The zero-order chi connectivity index (χ0) is 24.0. The van der Waals surface area contributed by atoms with Crippen LogP contribution in [0.2, 0.25) is 0 Å². The van der Waals surface area contributed by atoms with Crippen LogP contribution in [-0.4, -0.2) is 52.0 Å². The largest absolute Gasteiger partial charge is 0.352 e. The van der Waals surface area contributed by atoms with Gasteiger partial charge in [-0.3, -0.25) is 14.6 Å². The fourth-order valence-electron chi connectivity index (χ4n) is 5.04. The summed E-state index contributed by atoms with van der Waals surface area (Å²) in [5.41, 5.74) is 4.64. The van der Waals surface area contributed by atoms with Crippen molar-refractivity contribution < 1.29 is 9.32 Å². The highest BCUT2D eigenvalue weighted by atomic mass is 16.5. The monoisotopic (exact) mass is 473 g/mol. The number of hydrogen-bond donors (Lipinski definition) is 1. The Labute approximate surface area is 207 Å². The number of benzene rings is 2. The van der Waals surface area contributed by atoms with Gasteiger partial charge in [-0.15, -0.1) is 0 Å². The summed E-state index contributed by atoms with van der Waals surface area (Å²) in [6.45, 7) is 8.28. The van der Waals surface area contributed by atoms with Gasteiger partial charge in [-0.2, -0.15) is 4.98 Å². The minimum Gasteiger partial charge on any atom is -0.352 e. The maximum absolute atomic E-state index is 12.9. The summed E-state index contributed by atoms with van der Waals surface area (Å²) in [7, 11) is 0. The zero-order valence-corrected chi connectivity index (χ0v) is 20.6. The fraction of sp³-hybridized carbons (Fsp3) is 0.464. The van der Waals surface area contributed by atoms with Crippen LogP contribution in [0.3, 0.4) is 0 Å². The van der Waals surface area contributed by atoms with Crippen LogP contribution in [0.15, 0.2) is 53.1 Å². The number of piperidine rings is 1. The quantitative estimate of drug-likeness (QED) is 0.529. The number of aryl methyl sites for hydroxylation is 1. The third-order valence-electron chi connectivity index (χ3n) is 7.11. The van der Waals surface area contributed by atoms with Crippen molar-refractivity contribution >= 4 is 5.91 Å². The van der Waals surface area contributed by atoms with Crippen molar-refractivity contribution in [2.45, 2.75) is 52.2 Å². The van der Waals surface area contributed by atoms with Gasteiger partial charge < -0.3 is 9.84 Å². The zero-order valence-electron chi connectivity index (χ0n) is 20.6. The van der Waals surface area contributed by atoms with Crippen LogP contribution >= 0.6 is 0 Å². The van der Waals surface area contributed by atoms with Crippen LogP contribution in [0.1, 0.15) is 48.3 Å². The highest BCUT2D eigenvalue weighted by Gasteiger charge is 2.27. The molecular weight excluding hydrogens is 438 g/mol. The van der Waals surface area contributed by atoms with E-state index in [1.54, 1.807) is 0 Å². The average Bonchev–Trinajstić information content (AvgIpc) is 3.56. The summed E-state index contributed by atoms with van der Waals surface area (Å²) >= 11 is 0. The molecule has 184 valence electrons. The van der Waals surface area contributed by atoms with Crippen molar-refractivity contribution in [1.29, 1.82) is 0 Å². The molecule has 3 aromatic rings. The van der Waals surface area contributed by atoms with Gasteiger partial charge in [-0.25, -0.2) is 0 Å². The third-order valence-corrected chi connectivity index (χ3v) is 7.11. The molecular formula is C28H35N5O2. The molecule has 1 aromatic heterocycles.